The van der Waals surface area contributed by atoms with E-state index in [1.807, 2.05) is 49.4 Å². The third kappa shape index (κ3) is 3.98. The molecule has 2 atom stereocenters. The zero-order chi connectivity index (χ0) is 19.5. The third-order valence-corrected chi connectivity index (χ3v) is 4.85. The van der Waals surface area contributed by atoms with Gasteiger partial charge in [-0.1, -0.05) is 42.0 Å². The SMILES string of the molecule is Cc1ccc(Cc2cc(C(=O)N[C@H]3COC4=CC=CCC4NC3=O)[nH]n2)cc1. The number of rotatable bonds is 4. The van der Waals surface area contributed by atoms with Gasteiger partial charge in [0.1, 0.15) is 24.1 Å². The van der Waals surface area contributed by atoms with Crippen molar-refractivity contribution in [2.75, 3.05) is 6.61 Å². The maximum atomic E-state index is 12.6. The zero-order valence-corrected chi connectivity index (χ0v) is 15.6. The van der Waals surface area contributed by atoms with Crippen LogP contribution >= 0.6 is 0 Å². The number of H-pyrrole nitrogens is 1. The lowest BCUT2D eigenvalue weighted by Gasteiger charge is -2.18. The molecule has 0 radical (unpaired) electrons. The Morgan fingerprint density at radius 3 is 2.96 bits per heavy atom. The highest BCUT2D eigenvalue weighted by Gasteiger charge is 2.31. The fraction of sp³-hybridized carbons (Fsp3) is 0.286. The molecule has 1 unspecified atom stereocenters. The van der Waals surface area contributed by atoms with Crippen LogP contribution in [0.15, 0.2) is 54.3 Å². The molecule has 144 valence electrons. The number of nitrogens with one attached hydrogen (secondary N) is 3. The van der Waals surface area contributed by atoms with E-state index >= 15 is 0 Å². The van der Waals surface area contributed by atoms with Crippen molar-refractivity contribution >= 4 is 11.8 Å². The summed E-state index contributed by atoms with van der Waals surface area (Å²) in [6.07, 6.45) is 7.01. The number of fused-ring (bicyclic) bond motifs is 1. The topological polar surface area (TPSA) is 96.1 Å². The van der Waals surface area contributed by atoms with Gasteiger partial charge in [0.15, 0.2) is 0 Å². The molecule has 7 heteroatoms. The summed E-state index contributed by atoms with van der Waals surface area (Å²) in [6, 6.07) is 8.94. The van der Waals surface area contributed by atoms with Crippen molar-refractivity contribution < 1.29 is 14.3 Å². The van der Waals surface area contributed by atoms with Crippen LogP contribution in [0.1, 0.15) is 33.7 Å². The lowest BCUT2D eigenvalue weighted by molar-refractivity contribution is -0.123. The molecule has 0 spiro atoms. The maximum Gasteiger partial charge on any atom is 0.270 e. The summed E-state index contributed by atoms with van der Waals surface area (Å²) < 4.78 is 5.71. The predicted molar refractivity (Wildman–Crippen MR) is 104 cm³/mol. The fourth-order valence-corrected chi connectivity index (χ4v) is 3.24. The van der Waals surface area contributed by atoms with Crippen LogP contribution in [-0.4, -0.2) is 40.7 Å². The van der Waals surface area contributed by atoms with Crippen molar-refractivity contribution in [2.24, 2.45) is 0 Å². The summed E-state index contributed by atoms with van der Waals surface area (Å²) in [5.41, 5.74) is 3.39. The predicted octanol–water partition coefficient (Wildman–Crippen LogP) is 1.77. The van der Waals surface area contributed by atoms with Crippen LogP contribution in [0.3, 0.4) is 0 Å². The van der Waals surface area contributed by atoms with E-state index in [1.54, 1.807) is 6.07 Å². The summed E-state index contributed by atoms with van der Waals surface area (Å²) in [5, 5.41) is 12.6. The van der Waals surface area contributed by atoms with E-state index in [1.165, 1.54) is 5.56 Å². The molecule has 1 fully saturated rings. The Morgan fingerprint density at radius 1 is 1.32 bits per heavy atom. The van der Waals surface area contributed by atoms with Crippen molar-refractivity contribution in [1.82, 2.24) is 20.8 Å². The minimum atomic E-state index is -0.761. The third-order valence-electron chi connectivity index (χ3n) is 4.85. The number of carbonyl (C=O) groups is 2. The van der Waals surface area contributed by atoms with Crippen LogP contribution in [-0.2, 0) is 16.0 Å². The first-order valence-electron chi connectivity index (χ1n) is 9.29. The Kier molecular flexibility index (Phi) is 4.97. The van der Waals surface area contributed by atoms with Gasteiger partial charge in [0.25, 0.3) is 5.91 Å². The van der Waals surface area contributed by atoms with Gasteiger partial charge in [-0.05, 0) is 31.1 Å². The molecule has 0 saturated carbocycles. The second-order valence-corrected chi connectivity index (χ2v) is 7.07. The number of allylic oxidation sites excluding steroid dienone is 2. The number of aryl methyl sites for hydroxylation is 1. The van der Waals surface area contributed by atoms with Crippen LogP contribution in [0.2, 0.25) is 0 Å². The zero-order valence-electron chi connectivity index (χ0n) is 15.6. The quantitative estimate of drug-likeness (QED) is 0.755. The second-order valence-electron chi connectivity index (χ2n) is 7.07. The molecule has 1 aliphatic carbocycles. The number of nitrogens with zero attached hydrogens (tertiary/aromatic N) is 1. The first-order chi connectivity index (χ1) is 13.6. The van der Waals surface area contributed by atoms with E-state index in [-0.39, 0.29) is 24.5 Å². The average Bonchev–Trinajstić information content (AvgIpc) is 3.10. The van der Waals surface area contributed by atoms with Crippen LogP contribution in [0.25, 0.3) is 0 Å². The Hall–Kier alpha value is -3.35. The van der Waals surface area contributed by atoms with Crippen LogP contribution in [0.4, 0.5) is 0 Å². The number of benzene rings is 1. The standard InChI is InChI=1S/C21H22N4O3/c1-13-6-8-14(9-7-13)10-15-11-17(25-24-15)20(26)23-18-12-28-19-5-3-2-4-16(19)22-21(18)27/h2-3,5-9,11,16,18H,4,10,12H2,1H3,(H,22,27)(H,23,26)(H,24,25)/t16?,18-/m0/s1. The molecule has 2 amide bonds. The molecule has 28 heavy (non-hydrogen) atoms. The van der Waals surface area contributed by atoms with Crippen LogP contribution < -0.4 is 10.6 Å². The van der Waals surface area contributed by atoms with Gasteiger partial charge in [-0.3, -0.25) is 14.7 Å². The van der Waals surface area contributed by atoms with E-state index in [2.05, 4.69) is 20.8 Å². The first-order valence-corrected chi connectivity index (χ1v) is 9.29. The normalized spacial score (nSPS) is 21.0. The average molecular weight is 378 g/mol. The van der Waals surface area contributed by atoms with Crippen molar-refractivity contribution in [2.45, 2.75) is 31.8 Å². The number of aromatic amines is 1. The molecule has 1 saturated heterocycles. The van der Waals surface area contributed by atoms with Crippen molar-refractivity contribution in [3.63, 3.8) is 0 Å². The summed E-state index contributed by atoms with van der Waals surface area (Å²) in [7, 11) is 0. The summed E-state index contributed by atoms with van der Waals surface area (Å²) >= 11 is 0. The van der Waals surface area contributed by atoms with E-state index in [0.29, 0.717) is 18.5 Å². The number of aromatic nitrogens is 2. The van der Waals surface area contributed by atoms with E-state index in [9.17, 15) is 9.59 Å². The molecule has 4 rings (SSSR count). The van der Waals surface area contributed by atoms with E-state index in [4.69, 9.17) is 4.74 Å². The minimum Gasteiger partial charge on any atom is -0.493 e. The molecular weight excluding hydrogens is 356 g/mol. The van der Waals surface area contributed by atoms with Gasteiger partial charge in [-0.2, -0.15) is 5.10 Å². The molecule has 7 nitrogen and oxygen atoms in total. The highest BCUT2D eigenvalue weighted by molar-refractivity contribution is 5.96. The highest BCUT2D eigenvalue weighted by atomic mass is 16.5. The Morgan fingerprint density at radius 2 is 2.14 bits per heavy atom. The molecule has 3 N–H and O–H groups in total. The molecule has 1 aromatic carbocycles. The highest BCUT2D eigenvalue weighted by Crippen LogP contribution is 2.18. The lowest BCUT2D eigenvalue weighted by atomic mass is 10.1. The second kappa shape index (κ2) is 7.72. The Balaban J connectivity index is 1.39. The number of ether oxygens (including phenoxy) is 1. The van der Waals surface area contributed by atoms with Crippen molar-refractivity contribution in [3.05, 3.63) is 76.8 Å². The van der Waals surface area contributed by atoms with Gasteiger partial charge >= 0.3 is 0 Å². The number of amides is 2. The molecule has 1 aromatic heterocycles. The molecule has 2 heterocycles. The number of carbonyl (C=O) groups excluding carboxylic acids is 2. The largest absolute Gasteiger partial charge is 0.493 e. The van der Waals surface area contributed by atoms with Crippen molar-refractivity contribution in [1.29, 1.82) is 0 Å². The monoisotopic (exact) mass is 378 g/mol. The number of hydrogen-bond acceptors (Lipinski definition) is 4. The first kappa shape index (κ1) is 18.0. The number of hydrogen-bond donors (Lipinski definition) is 3. The smallest absolute Gasteiger partial charge is 0.270 e. The minimum absolute atomic E-state index is 0.0953. The van der Waals surface area contributed by atoms with Crippen LogP contribution in [0, 0.1) is 6.92 Å². The lowest BCUT2D eigenvalue weighted by Crippen LogP contribution is -2.49. The van der Waals surface area contributed by atoms with Gasteiger partial charge in [0, 0.05) is 6.42 Å². The Bertz CT molecular complexity index is 943. The van der Waals surface area contributed by atoms with Crippen molar-refractivity contribution in [3.8, 4) is 0 Å². The van der Waals surface area contributed by atoms with Gasteiger partial charge in [0.2, 0.25) is 5.91 Å². The van der Waals surface area contributed by atoms with Gasteiger partial charge in [-0.15, -0.1) is 0 Å². The summed E-state index contributed by atoms with van der Waals surface area (Å²) in [4.78, 5) is 25.0. The molecule has 2 aromatic rings. The van der Waals surface area contributed by atoms with Gasteiger partial charge in [0.05, 0.1) is 11.7 Å². The van der Waals surface area contributed by atoms with Gasteiger partial charge < -0.3 is 15.4 Å². The fourth-order valence-electron chi connectivity index (χ4n) is 3.24. The summed E-state index contributed by atoms with van der Waals surface area (Å²) in [6.45, 7) is 2.13. The van der Waals surface area contributed by atoms with E-state index < -0.39 is 6.04 Å². The molecular formula is C21H22N4O3. The van der Waals surface area contributed by atoms with Gasteiger partial charge in [-0.25, -0.2) is 0 Å². The maximum absolute atomic E-state index is 12.6. The van der Waals surface area contributed by atoms with E-state index in [0.717, 1.165) is 17.0 Å². The molecule has 2 aliphatic rings. The van der Waals surface area contributed by atoms with Crippen LogP contribution in [0.5, 0.6) is 0 Å². The molecule has 0 bridgehead atoms. The summed E-state index contributed by atoms with van der Waals surface area (Å²) in [5.74, 6) is 0.0781. The molecule has 1 aliphatic heterocycles. The Labute approximate surface area is 162 Å².